The van der Waals surface area contributed by atoms with Crippen molar-refractivity contribution in [3.8, 4) is 0 Å². The molecule has 1 nitrogen and oxygen atoms in total. The number of aliphatic hydroxyl groups is 1. The molecule has 0 radical (unpaired) electrons. The van der Waals surface area contributed by atoms with Crippen LogP contribution in [0, 0.1) is 29.1 Å². The Morgan fingerprint density at radius 1 is 1.05 bits per heavy atom. The Kier molecular flexibility index (Phi) is 3.16. The topological polar surface area (TPSA) is 20.2 Å². The van der Waals surface area contributed by atoms with Gasteiger partial charge in [0.05, 0.1) is 5.60 Å². The molecule has 4 saturated carbocycles. The summed E-state index contributed by atoms with van der Waals surface area (Å²) in [6, 6.07) is 0. The van der Waals surface area contributed by atoms with E-state index in [1.807, 2.05) is 6.92 Å². The van der Waals surface area contributed by atoms with Gasteiger partial charge in [0.1, 0.15) is 5.67 Å². The number of hydrogen-bond acceptors (Lipinski definition) is 1. The Balaban J connectivity index is 1.63. The third-order valence-electron chi connectivity index (χ3n) is 8.27. The van der Waals surface area contributed by atoms with E-state index in [1.54, 1.807) is 0 Å². The summed E-state index contributed by atoms with van der Waals surface area (Å²) >= 11 is 0. The van der Waals surface area contributed by atoms with Gasteiger partial charge in [0.15, 0.2) is 0 Å². The van der Waals surface area contributed by atoms with Gasteiger partial charge in [-0.2, -0.15) is 0 Å². The molecule has 0 aliphatic heterocycles. The predicted molar refractivity (Wildman–Crippen MR) is 87.2 cm³/mol. The molecule has 0 saturated heterocycles. The normalized spacial score (nSPS) is 57.9. The molecule has 4 aliphatic rings. The summed E-state index contributed by atoms with van der Waals surface area (Å²) in [5, 5.41) is 10.4. The SMILES string of the molecule is C=C1CC[C@H]2[C@@H]3CC[C@@H]4C[C@](C)(O)CC[C@]4(F)C3CC[C@]12C. The van der Waals surface area contributed by atoms with Crippen LogP contribution in [0.5, 0.6) is 0 Å². The quantitative estimate of drug-likeness (QED) is 0.622. The Bertz CT molecular complexity index is 498. The minimum Gasteiger partial charge on any atom is -0.390 e. The zero-order valence-electron chi connectivity index (χ0n) is 14.2. The molecule has 0 aromatic heterocycles. The van der Waals surface area contributed by atoms with Gasteiger partial charge >= 0.3 is 0 Å². The van der Waals surface area contributed by atoms with E-state index in [0.29, 0.717) is 31.1 Å². The van der Waals surface area contributed by atoms with Gasteiger partial charge in [-0.05, 0) is 93.8 Å². The highest BCUT2D eigenvalue weighted by atomic mass is 19.1. The van der Waals surface area contributed by atoms with Crippen LogP contribution in [0.1, 0.15) is 71.6 Å². The Morgan fingerprint density at radius 3 is 2.59 bits per heavy atom. The number of halogens is 1. The highest BCUT2D eigenvalue weighted by Gasteiger charge is 2.61. The highest BCUT2D eigenvalue weighted by Crippen LogP contribution is 2.66. The fraction of sp³-hybridized carbons (Fsp3) is 0.900. The predicted octanol–water partition coefficient (Wildman–Crippen LogP) is 5.04. The van der Waals surface area contributed by atoms with Gasteiger partial charge in [-0.1, -0.05) is 19.1 Å². The molecule has 1 N–H and O–H groups in total. The van der Waals surface area contributed by atoms with Crippen molar-refractivity contribution in [2.24, 2.45) is 29.1 Å². The number of rotatable bonds is 0. The summed E-state index contributed by atoms with van der Waals surface area (Å²) in [5.41, 5.74) is 0.0660. The van der Waals surface area contributed by atoms with Crippen molar-refractivity contribution >= 4 is 0 Å². The summed E-state index contributed by atoms with van der Waals surface area (Å²) in [7, 11) is 0. The Morgan fingerprint density at radius 2 is 1.82 bits per heavy atom. The first kappa shape index (κ1) is 15.2. The van der Waals surface area contributed by atoms with Crippen molar-refractivity contribution in [1.29, 1.82) is 0 Å². The summed E-state index contributed by atoms with van der Waals surface area (Å²) < 4.78 is 16.0. The van der Waals surface area contributed by atoms with Crippen LogP contribution in [0.2, 0.25) is 0 Å². The van der Waals surface area contributed by atoms with E-state index in [4.69, 9.17) is 0 Å². The van der Waals surface area contributed by atoms with Gasteiger partial charge in [-0.15, -0.1) is 0 Å². The molecular formula is C20H31FO. The third-order valence-corrected chi connectivity index (χ3v) is 8.27. The summed E-state index contributed by atoms with van der Waals surface area (Å²) in [4.78, 5) is 0. The van der Waals surface area contributed by atoms with Crippen molar-refractivity contribution in [1.82, 2.24) is 0 Å². The summed E-state index contributed by atoms with van der Waals surface area (Å²) in [6.45, 7) is 8.63. The van der Waals surface area contributed by atoms with E-state index in [9.17, 15) is 5.11 Å². The molecule has 7 atom stereocenters. The van der Waals surface area contributed by atoms with Crippen LogP contribution in [0.3, 0.4) is 0 Å². The molecule has 0 spiro atoms. The second-order valence-electron chi connectivity index (χ2n) is 9.38. The van der Waals surface area contributed by atoms with Gasteiger partial charge in [0.2, 0.25) is 0 Å². The monoisotopic (exact) mass is 306 g/mol. The van der Waals surface area contributed by atoms with E-state index in [1.165, 1.54) is 18.4 Å². The molecule has 4 aliphatic carbocycles. The lowest BCUT2D eigenvalue weighted by molar-refractivity contribution is -0.158. The van der Waals surface area contributed by atoms with Gasteiger partial charge < -0.3 is 5.11 Å². The van der Waals surface area contributed by atoms with Gasteiger partial charge in [0, 0.05) is 0 Å². The maximum absolute atomic E-state index is 16.0. The molecule has 4 rings (SSSR count). The maximum atomic E-state index is 16.0. The molecule has 4 fully saturated rings. The summed E-state index contributed by atoms with van der Waals surface area (Å²) in [5.74, 6) is 1.55. The fourth-order valence-corrected chi connectivity index (χ4v) is 6.88. The number of hydrogen-bond donors (Lipinski definition) is 1. The van der Waals surface area contributed by atoms with E-state index < -0.39 is 11.3 Å². The lowest BCUT2D eigenvalue weighted by atomic mass is 9.48. The van der Waals surface area contributed by atoms with Crippen molar-refractivity contribution < 1.29 is 9.50 Å². The van der Waals surface area contributed by atoms with E-state index in [0.717, 1.165) is 25.7 Å². The molecular weight excluding hydrogens is 275 g/mol. The standard InChI is InChI=1S/C20H31FO/c1-13-4-7-16-15-6-5-14-12-18(2,22)10-11-20(14,21)17(15)8-9-19(13,16)3/h14-17,22H,1,4-12H2,2-3H3/t14-,15+,16+,17?,18-,19-,20-/m1/s1. The average molecular weight is 306 g/mol. The van der Waals surface area contributed by atoms with E-state index in [2.05, 4.69) is 13.5 Å². The number of alkyl halides is 1. The maximum Gasteiger partial charge on any atom is 0.117 e. The average Bonchev–Trinajstić information content (AvgIpc) is 2.76. The second kappa shape index (κ2) is 4.59. The van der Waals surface area contributed by atoms with Crippen LogP contribution < -0.4 is 0 Å². The largest absolute Gasteiger partial charge is 0.390 e. The van der Waals surface area contributed by atoms with Crippen LogP contribution in [-0.4, -0.2) is 16.4 Å². The summed E-state index contributed by atoms with van der Waals surface area (Å²) in [6.07, 6.45) is 8.59. The number of fused-ring (bicyclic) bond motifs is 5. The first-order valence-electron chi connectivity index (χ1n) is 9.36. The first-order valence-corrected chi connectivity index (χ1v) is 9.36. The second-order valence-corrected chi connectivity index (χ2v) is 9.38. The van der Waals surface area contributed by atoms with Crippen molar-refractivity contribution in [3.05, 3.63) is 12.2 Å². The molecule has 0 bridgehead atoms. The minimum absolute atomic E-state index is 0.0893. The zero-order valence-corrected chi connectivity index (χ0v) is 14.2. The molecule has 0 heterocycles. The van der Waals surface area contributed by atoms with Crippen molar-refractivity contribution in [3.63, 3.8) is 0 Å². The Labute approximate surface area is 134 Å². The molecule has 2 heteroatoms. The Hall–Kier alpha value is -0.370. The number of allylic oxidation sites excluding steroid dienone is 1. The van der Waals surface area contributed by atoms with E-state index in [-0.39, 0.29) is 17.3 Å². The molecule has 124 valence electrons. The van der Waals surface area contributed by atoms with Crippen LogP contribution in [0.15, 0.2) is 12.2 Å². The molecule has 0 amide bonds. The minimum atomic E-state index is -1.00. The van der Waals surface area contributed by atoms with Crippen LogP contribution in [0.25, 0.3) is 0 Å². The van der Waals surface area contributed by atoms with Gasteiger partial charge in [-0.25, -0.2) is 4.39 Å². The van der Waals surface area contributed by atoms with E-state index >= 15 is 4.39 Å². The molecule has 0 aromatic rings. The highest BCUT2D eigenvalue weighted by molar-refractivity contribution is 5.22. The fourth-order valence-electron chi connectivity index (χ4n) is 6.88. The molecule has 1 unspecified atom stereocenters. The van der Waals surface area contributed by atoms with Gasteiger partial charge in [0.25, 0.3) is 0 Å². The molecule has 0 aromatic carbocycles. The van der Waals surface area contributed by atoms with Gasteiger partial charge in [-0.3, -0.25) is 0 Å². The van der Waals surface area contributed by atoms with Crippen molar-refractivity contribution in [2.45, 2.75) is 82.9 Å². The molecule has 22 heavy (non-hydrogen) atoms. The lowest BCUT2D eigenvalue weighted by Crippen LogP contribution is -2.58. The van der Waals surface area contributed by atoms with Crippen LogP contribution in [-0.2, 0) is 0 Å². The zero-order chi connectivity index (χ0) is 15.8. The lowest BCUT2D eigenvalue weighted by Gasteiger charge is -2.58. The van der Waals surface area contributed by atoms with Crippen LogP contribution in [0.4, 0.5) is 4.39 Å². The van der Waals surface area contributed by atoms with Crippen molar-refractivity contribution in [2.75, 3.05) is 0 Å². The van der Waals surface area contributed by atoms with Crippen LogP contribution >= 0.6 is 0 Å². The first-order chi connectivity index (χ1) is 10.3. The smallest absolute Gasteiger partial charge is 0.117 e. The third kappa shape index (κ3) is 1.92.